The third kappa shape index (κ3) is 1.68. The average molecular weight is 189 g/mol. The largest absolute Gasteiger partial charge is 0.526 e. The topological polar surface area (TPSA) is 66.5 Å². The van der Waals surface area contributed by atoms with Crippen molar-refractivity contribution in [2.75, 3.05) is 0 Å². The molecule has 2 heterocycles. The number of furan rings is 1. The van der Waals surface area contributed by atoms with Gasteiger partial charge >= 0.3 is 7.12 Å². The molecule has 4 nitrogen and oxygen atoms in total. The van der Waals surface area contributed by atoms with Gasteiger partial charge in [-0.05, 0) is 23.8 Å². The van der Waals surface area contributed by atoms with Gasteiger partial charge in [0, 0.05) is 18.0 Å². The molecule has 0 aliphatic rings. The van der Waals surface area contributed by atoms with Crippen LogP contribution < -0.4 is 5.66 Å². The first-order valence-electron chi connectivity index (χ1n) is 4.12. The molecule has 2 rings (SSSR count). The van der Waals surface area contributed by atoms with Crippen LogP contribution in [0.4, 0.5) is 0 Å². The number of hydrogen-bond donors (Lipinski definition) is 2. The Hall–Kier alpha value is -1.59. The molecule has 0 spiro atoms. The second kappa shape index (κ2) is 3.65. The Labute approximate surface area is 81.0 Å². The molecule has 0 unspecified atom stereocenters. The Balaban J connectivity index is 2.34. The van der Waals surface area contributed by atoms with Crippen LogP contribution in [-0.2, 0) is 0 Å². The van der Waals surface area contributed by atoms with Gasteiger partial charge in [-0.25, -0.2) is 0 Å². The van der Waals surface area contributed by atoms with Crippen molar-refractivity contribution in [1.82, 2.24) is 4.98 Å². The highest BCUT2D eigenvalue weighted by Crippen LogP contribution is 2.17. The molecule has 2 aromatic heterocycles. The summed E-state index contributed by atoms with van der Waals surface area (Å²) in [6.07, 6.45) is 4.80. The van der Waals surface area contributed by atoms with Crippen LogP contribution in [0.3, 0.4) is 0 Å². The fraction of sp³-hybridized carbons (Fsp3) is 0. The molecule has 0 radical (unpaired) electrons. The number of hydrogen-bond acceptors (Lipinski definition) is 4. The molecule has 0 saturated carbocycles. The predicted octanol–water partition coefficient (Wildman–Crippen LogP) is 0.0214. The van der Waals surface area contributed by atoms with E-state index in [1.807, 2.05) is 12.1 Å². The third-order valence-electron chi connectivity index (χ3n) is 1.89. The smallest absolute Gasteiger partial charge is 0.472 e. The third-order valence-corrected chi connectivity index (χ3v) is 1.89. The van der Waals surface area contributed by atoms with Crippen LogP contribution in [0.5, 0.6) is 0 Å². The zero-order valence-corrected chi connectivity index (χ0v) is 7.29. The molecule has 0 atom stereocenters. The van der Waals surface area contributed by atoms with Gasteiger partial charge in [0.25, 0.3) is 0 Å². The quantitative estimate of drug-likeness (QED) is 0.653. The maximum atomic E-state index is 8.83. The van der Waals surface area contributed by atoms with E-state index in [-0.39, 0.29) is 5.66 Å². The summed E-state index contributed by atoms with van der Waals surface area (Å²) in [6, 6.07) is 5.22. The summed E-state index contributed by atoms with van der Waals surface area (Å²) in [6.45, 7) is 0. The number of rotatable bonds is 2. The van der Waals surface area contributed by atoms with Crippen molar-refractivity contribution in [3.05, 3.63) is 36.9 Å². The fourth-order valence-electron chi connectivity index (χ4n) is 1.18. The summed E-state index contributed by atoms with van der Waals surface area (Å²) in [5.74, 6) is 0. The summed E-state index contributed by atoms with van der Waals surface area (Å²) in [7, 11) is -1.56. The van der Waals surface area contributed by atoms with Crippen molar-refractivity contribution in [2.24, 2.45) is 0 Å². The van der Waals surface area contributed by atoms with Crippen molar-refractivity contribution in [2.45, 2.75) is 0 Å². The molecule has 0 aliphatic carbocycles. The van der Waals surface area contributed by atoms with Crippen molar-refractivity contribution < 1.29 is 14.5 Å². The highest BCUT2D eigenvalue weighted by molar-refractivity contribution is 6.57. The van der Waals surface area contributed by atoms with Gasteiger partial charge in [-0.3, -0.25) is 4.98 Å². The van der Waals surface area contributed by atoms with Gasteiger partial charge in [0.1, 0.15) is 5.66 Å². The van der Waals surface area contributed by atoms with Crippen molar-refractivity contribution in [3.63, 3.8) is 0 Å². The van der Waals surface area contributed by atoms with E-state index in [0.29, 0.717) is 0 Å². The summed E-state index contributed by atoms with van der Waals surface area (Å²) in [5.41, 5.74) is 1.86. The molecular weight excluding hydrogens is 181 g/mol. The zero-order valence-electron chi connectivity index (χ0n) is 7.29. The molecule has 0 fully saturated rings. The number of aromatic nitrogens is 1. The van der Waals surface area contributed by atoms with E-state index in [0.717, 1.165) is 11.1 Å². The van der Waals surface area contributed by atoms with E-state index >= 15 is 0 Å². The molecule has 0 aliphatic heterocycles. The zero-order chi connectivity index (χ0) is 9.97. The molecule has 0 saturated heterocycles. The maximum Gasteiger partial charge on any atom is 0.526 e. The van der Waals surface area contributed by atoms with Gasteiger partial charge in [-0.15, -0.1) is 0 Å². The van der Waals surface area contributed by atoms with Gasteiger partial charge < -0.3 is 14.5 Å². The Morgan fingerprint density at radius 2 is 1.86 bits per heavy atom. The monoisotopic (exact) mass is 189 g/mol. The molecule has 14 heavy (non-hydrogen) atoms. The Kier molecular flexibility index (Phi) is 2.34. The van der Waals surface area contributed by atoms with E-state index < -0.39 is 7.12 Å². The van der Waals surface area contributed by atoms with Crippen LogP contribution in [0.25, 0.3) is 11.1 Å². The lowest BCUT2D eigenvalue weighted by Gasteiger charge is -1.92. The lowest BCUT2D eigenvalue weighted by Crippen LogP contribution is -2.27. The second-order valence-corrected chi connectivity index (χ2v) is 2.85. The highest BCUT2D eigenvalue weighted by atomic mass is 16.4. The first-order valence-corrected chi connectivity index (χ1v) is 4.12. The van der Waals surface area contributed by atoms with Gasteiger partial charge in [0.15, 0.2) is 0 Å². The van der Waals surface area contributed by atoms with Crippen LogP contribution in [0.1, 0.15) is 0 Å². The Bertz CT molecular complexity index is 413. The number of pyridine rings is 1. The van der Waals surface area contributed by atoms with E-state index in [1.165, 1.54) is 6.26 Å². The minimum Gasteiger partial charge on any atom is -0.472 e. The van der Waals surface area contributed by atoms with Gasteiger partial charge in [0.2, 0.25) is 0 Å². The van der Waals surface area contributed by atoms with Gasteiger partial charge in [0.05, 0.1) is 6.26 Å². The first-order chi connectivity index (χ1) is 6.77. The van der Waals surface area contributed by atoms with Crippen molar-refractivity contribution in [3.8, 4) is 11.1 Å². The van der Waals surface area contributed by atoms with Crippen LogP contribution in [0.2, 0.25) is 0 Å². The van der Waals surface area contributed by atoms with E-state index in [2.05, 4.69) is 4.98 Å². The summed E-state index contributed by atoms with van der Waals surface area (Å²) < 4.78 is 4.96. The standard InChI is InChI=1S/C9H8BNO3/c12-10(13)9-5-8(6-14-9)7-1-3-11-4-2-7/h1-6,12-13H. The van der Waals surface area contributed by atoms with E-state index in [9.17, 15) is 0 Å². The molecular formula is C9H8BNO3. The summed E-state index contributed by atoms with van der Waals surface area (Å²) >= 11 is 0. The van der Waals surface area contributed by atoms with E-state index in [1.54, 1.807) is 18.5 Å². The molecule has 70 valence electrons. The minimum atomic E-state index is -1.56. The van der Waals surface area contributed by atoms with Gasteiger partial charge in [-0.2, -0.15) is 0 Å². The SMILES string of the molecule is OB(O)c1cc(-c2ccncc2)co1. The molecule has 2 N–H and O–H groups in total. The normalized spacial score (nSPS) is 10.1. The lowest BCUT2D eigenvalue weighted by molar-refractivity contribution is 0.409. The lowest BCUT2D eigenvalue weighted by atomic mass is 9.87. The Morgan fingerprint density at radius 3 is 2.43 bits per heavy atom. The Morgan fingerprint density at radius 1 is 1.14 bits per heavy atom. The first kappa shape index (κ1) is 8.99. The number of nitrogens with zero attached hydrogens (tertiary/aromatic N) is 1. The summed E-state index contributed by atoms with van der Waals surface area (Å²) in [4.78, 5) is 3.88. The molecule has 0 bridgehead atoms. The molecule has 0 aromatic carbocycles. The van der Waals surface area contributed by atoms with Gasteiger partial charge in [-0.1, -0.05) is 0 Å². The maximum absolute atomic E-state index is 8.83. The average Bonchev–Trinajstić information content (AvgIpc) is 2.68. The predicted molar refractivity (Wildman–Crippen MR) is 51.8 cm³/mol. The minimum absolute atomic E-state index is 0.136. The van der Waals surface area contributed by atoms with Crippen molar-refractivity contribution >= 4 is 12.8 Å². The molecule has 0 amide bonds. The van der Waals surface area contributed by atoms with Crippen LogP contribution >= 0.6 is 0 Å². The van der Waals surface area contributed by atoms with Crippen LogP contribution in [-0.4, -0.2) is 22.2 Å². The van der Waals surface area contributed by atoms with Crippen LogP contribution in [0.15, 0.2) is 41.3 Å². The molecule has 2 aromatic rings. The van der Waals surface area contributed by atoms with Crippen LogP contribution in [0, 0.1) is 0 Å². The second-order valence-electron chi connectivity index (χ2n) is 2.85. The van der Waals surface area contributed by atoms with E-state index in [4.69, 9.17) is 14.5 Å². The summed E-state index contributed by atoms with van der Waals surface area (Å²) in [5, 5.41) is 17.7. The van der Waals surface area contributed by atoms with Crippen molar-refractivity contribution in [1.29, 1.82) is 0 Å². The fourth-order valence-corrected chi connectivity index (χ4v) is 1.18. The molecule has 5 heteroatoms. The highest BCUT2D eigenvalue weighted by Gasteiger charge is 2.16.